The molecule has 0 heterocycles. The topological polar surface area (TPSA) is 26.0 Å². The summed E-state index contributed by atoms with van der Waals surface area (Å²) in [6, 6.07) is 15.1. The molecule has 0 amide bonds. The van der Waals surface area contributed by atoms with Crippen LogP contribution in [0.5, 0.6) is 0 Å². The van der Waals surface area contributed by atoms with Crippen LogP contribution < -0.4 is 5.73 Å². The summed E-state index contributed by atoms with van der Waals surface area (Å²) in [5.74, 6) is 0.346. The summed E-state index contributed by atoms with van der Waals surface area (Å²) in [5, 5.41) is 0. The van der Waals surface area contributed by atoms with Crippen LogP contribution in [-0.4, -0.2) is 0 Å². The number of halogens is 1. The standard InChI is InChI=1S/C19H24FN/c1-4-19(21,17-10-5-6-11-18(17)20)16-9-7-8-15(13-16)12-14(2)3/h5-11,13-14H,4,12,21H2,1-3H3. The Kier molecular flexibility index (Phi) is 4.79. The largest absolute Gasteiger partial charge is 0.318 e. The van der Waals surface area contributed by atoms with Crippen molar-refractivity contribution in [2.75, 3.05) is 0 Å². The molecule has 0 aliphatic carbocycles. The van der Waals surface area contributed by atoms with E-state index in [1.165, 1.54) is 11.6 Å². The first kappa shape index (κ1) is 15.7. The fourth-order valence-corrected chi connectivity index (χ4v) is 2.82. The summed E-state index contributed by atoms with van der Waals surface area (Å²) in [5.41, 5.74) is 8.62. The summed E-state index contributed by atoms with van der Waals surface area (Å²) in [4.78, 5) is 0. The monoisotopic (exact) mass is 285 g/mol. The summed E-state index contributed by atoms with van der Waals surface area (Å²) >= 11 is 0. The molecule has 0 aliphatic heterocycles. The third kappa shape index (κ3) is 3.33. The van der Waals surface area contributed by atoms with Gasteiger partial charge in [-0.3, -0.25) is 0 Å². The molecule has 0 aliphatic rings. The van der Waals surface area contributed by atoms with Crippen LogP contribution in [0, 0.1) is 11.7 Å². The average molecular weight is 285 g/mol. The third-order valence-corrected chi connectivity index (χ3v) is 4.00. The van der Waals surface area contributed by atoms with Gasteiger partial charge in [0.05, 0.1) is 5.54 Å². The summed E-state index contributed by atoms with van der Waals surface area (Å²) in [6.45, 7) is 6.39. The van der Waals surface area contributed by atoms with E-state index in [1.54, 1.807) is 12.1 Å². The maximum atomic E-state index is 14.2. The quantitative estimate of drug-likeness (QED) is 0.851. The van der Waals surface area contributed by atoms with E-state index in [0.717, 1.165) is 12.0 Å². The number of benzene rings is 2. The van der Waals surface area contributed by atoms with Gasteiger partial charge in [0.25, 0.3) is 0 Å². The normalized spacial score (nSPS) is 14.2. The third-order valence-electron chi connectivity index (χ3n) is 4.00. The highest BCUT2D eigenvalue weighted by Gasteiger charge is 2.30. The van der Waals surface area contributed by atoms with Crippen LogP contribution >= 0.6 is 0 Å². The van der Waals surface area contributed by atoms with Crippen molar-refractivity contribution in [3.05, 3.63) is 71.0 Å². The number of nitrogens with two attached hydrogens (primary N) is 1. The van der Waals surface area contributed by atoms with Crippen molar-refractivity contribution >= 4 is 0 Å². The van der Waals surface area contributed by atoms with Crippen LogP contribution in [0.4, 0.5) is 4.39 Å². The molecule has 1 unspecified atom stereocenters. The van der Waals surface area contributed by atoms with Gasteiger partial charge in [0.15, 0.2) is 0 Å². The molecule has 0 saturated heterocycles. The smallest absolute Gasteiger partial charge is 0.128 e. The maximum absolute atomic E-state index is 14.2. The van der Waals surface area contributed by atoms with Crippen LogP contribution in [0.15, 0.2) is 48.5 Å². The summed E-state index contributed by atoms with van der Waals surface area (Å²) in [6.07, 6.45) is 1.66. The fourth-order valence-electron chi connectivity index (χ4n) is 2.82. The van der Waals surface area contributed by atoms with E-state index < -0.39 is 5.54 Å². The second kappa shape index (κ2) is 6.40. The van der Waals surface area contributed by atoms with Gasteiger partial charge in [-0.15, -0.1) is 0 Å². The van der Waals surface area contributed by atoms with Gasteiger partial charge in [0.2, 0.25) is 0 Å². The summed E-state index contributed by atoms with van der Waals surface area (Å²) in [7, 11) is 0. The van der Waals surface area contributed by atoms with E-state index in [4.69, 9.17) is 5.73 Å². The Morgan fingerprint density at radius 3 is 2.43 bits per heavy atom. The fraction of sp³-hybridized carbons (Fsp3) is 0.368. The lowest BCUT2D eigenvalue weighted by atomic mass is 9.80. The molecule has 2 aromatic carbocycles. The number of hydrogen-bond acceptors (Lipinski definition) is 1. The first-order valence-electron chi connectivity index (χ1n) is 7.60. The molecule has 2 N–H and O–H groups in total. The average Bonchev–Trinajstić information content (AvgIpc) is 2.46. The first-order chi connectivity index (χ1) is 9.97. The molecular formula is C19H24FN. The molecule has 0 spiro atoms. The molecule has 21 heavy (non-hydrogen) atoms. The number of hydrogen-bond donors (Lipinski definition) is 1. The summed E-state index contributed by atoms with van der Waals surface area (Å²) < 4.78 is 14.2. The predicted octanol–water partition coefficient (Wildman–Crippen LogP) is 4.64. The Labute approximate surface area is 127 Å². The van der Waals surface area contributed by atoms with Crippen molar-refractivity contribution in [2.24, 2.45) is 11.7 Å². The highest BCUT2D eigenvalue weighted by molar-refractivity contribution is 5.40. The van der Waals surface area contributed by atoms with Gasteiger partial charge in [0.1, 0.15) is 5.82 Å². The highest BCUT2D eigenvalue weighted by atomic mass is 19.1. The SMILES string of the molecule is CCC(N)(c1cccc(CC(C)C)c1)c1ccccc1F. The lowest BCUT2D eigenvalue weighted by molar-refractivity contribution is 0.478. The van der Waals surface area contributed by atoms with Crippen LogP contribution in [0.1, 0.15) is 43.9 Å². The van der Waals surface area contributed by atoms with Gasteiger partial charge in [-0.05, 0) is 36.0 Å². The molecule has 2 rings (SSSR count). The molecule has 0 saturated carbocycles. The highest BCUT2D eigenvalue weighted by Crippen LogP contribution is 2.32. The Morgan fingerprint density at radius 2 is 1.81 bits per heavy atom. The molecule has 0 radical (unpaired) electrons. The lowest BCUT2D eigenvalue weighted by Crippen LogP contribution is -2.38. The molecule has 0 bridgehead atoms. The molecule has 2 aromatic rings. The zero-order chi connectivity index (χ0) is 15.5. The van der Waals surface area contributed by atoms with E-state index in [1.807, 2.05) is 25.1 Å². The van der Waals surface area contributed by atoms with Gasteiger partial charge in [-0.2, -0.15) is 0 Å². The van der Waals surface area contributed by atoms with E-state index in [9.17, 15) is 4.39 Å². The van der Waals surface area contributed by atoms with Gasteiger partial charge in [-0.25, -0.2) is 4.39 Å². The van der Waals surface area contributed by atoms with E-state index in [2.05, 4.69) is 26.0 Å². The van der Waals surface area contributed by atoms with Crippen molar-refractivity contribution < 1.29 is 4.39 Å². The zero-order valence-electron chi connectivity index (χ0n) is 13.1. The van der Waals surface area contributed by atoms with Gasteiger partial charge >= 0.3 is 0 Å². The van der Waals surface area contributed by atoms with E-state index in [-0.39, 0.29) is 5.82 Å². The van der Waals surface area contributed by atoms with E-state index >= 15 is 0 Å². The molecule has 1 nitrogen and oxygen atoms in total. The maximum Gasteiger partial charge on any atom is 0.128 e. The van der Waals surface area contributed by atoms with Crippen LogP contribution in [0.2, 0.25) is 0 Å². The van der Waals surface area contributed by atoms with Gasteiger partial charge in [0, 0.05) is 5.56 Å². The van der Waals surface area contributed by atoms with Crippen LogP contribution in [0.3, 0.4) is 0 Å². The van der Waals surface area contributed by atoms with Crippen molar-refractivity contribution in [3.8, 4) is 0 Å². The molecule has 1 atom stereocenters. The molecule has 0 aromatic heterocycles. The zero-order valence-corrected chi connectivity index (χ0v) is 13.1. The Hall–Kier alpha value is -1.67. The van der Waals surface area contributed by atoms with Crippen LogP contribution in [0.25, 0.3) is 0 Å². The lowest BCUT2D eigenvalue weighted by Gasteiger charge is -2.30. The molecule has 0 fully saturated rings. The predicted molar refractivity (Wildman–Crippen MR) is 86.6 cm³/mol. The van der Waals surface area contributed by atoms with Gasteiger partial charge < -0.3 is 5.73 Å². The second-order valence-corrected chi connectivity index (χ2v) is 6.10. The molecule has 2 heteroatoms. The van der Waals surface area contributed by atoms with Gasteiger partial charge in [-0.1, -0.05) is 63.2 Å². The van der Waals surface area contributed by atoms with Crippen molar-refractivity contribution in [1.29, 1.82) is 0 Å². The van der Waals surface area contributed by atoms with E-state index in [0.29, 0.717) is 17.9 Å². The second-order valence-electron chi connectivity index (χ2n) is 6.10. The number of rotatable bonds is 5. The van der Waals surface area contributed by atoms with Crippen LogP contribution in [-0.2, 0) is 12.0 Å². The Balaban J connectivity index is 2.48. The minimum absolute atomic E-state index is 0.240. The minimum atomic E-state index is -0.779. The van der Waals surface area contributed by atoms with Crippen molar-refractivity contribution in [3.63, 3.8) is 0 Å². The first-order valence-corrected chi connectivity index (χ1v) is 7.60. The Bertz CT molecular complexity index is 606. The Morgan fingerprint density at radius 1 is 1.10 bits per heavy atom. The molecule has 112 valence electrons. The van der Waals surface area contributed by atoms with Crippen molar-refractivity contribution in [1.82, 2.24) is 0 Å². The molecular weight excluding hydrogens is 261 g/mol. The minimum Gasteiger partial charge on any atom is -0.318 e. The van der Waals surface area contributed by atoms with Crippen molar-refractivity contribution in [2.45, 2.75) is 39.2 Å².